The van der Waals surface area contributed by atoms with Crippen molar-refractivity contribution in [2.75, 3.05) is 36.0 Å². The Balaban J connectivity index is 1.64. The van der Waals surface area contributed by atoms with Gasteiger partial charge in [0.15, 0.2) is 0 Å². The van der Waals surface area contributed by atoms with Crippen LogP contribution >= 0.6 is 0 Å². The summed E-state index contributed by atoms with van der Waals surface area (Å²) in [6.45, 7) is 3.74. The van der Waals surface area contributed by atoms with E-state index in [1.165, 1.54) is 19.3 Å². The highest BCUT2D eigenvalue weighted by Crippen LogP contribution is 2.23. The minimum absolute atomic E-state index is 0.00604. The lowest BCUT2D eigenvalue weighted by Gasteiger charge is -2.32. The highest BCUT2D eigenvalue weighted by atomic mass is 16.2. The van der Waals surface area contributed by atoms with Gasteiger partial charge in [-0.05, 0) is 38.2 Å². The Morgan fingerprint density at radius 1 is 1.14 bits per heavy atom. The minimum Gasteiger partial charge on any atom is -0.356 e. The molecule has 1 amide bonds. The fourth-order valence-corrected chi connectivity index (χ4v) is 3.25. The summed E-state index contributed by atoms with van der Waals surface area (Å²) in [5.74, 6) is 6.94. The molecule has 2 saturated heterocycles. The zero-order chi connectivity index (χ0) is 15.4. The number of nitrogens with zero attached hydrogens (tertiary/aromatic N) is 4. The van der Waals surface area contributed by atoms with E-state index in [1.807, 2.05) is 12.3 Å². The fourth-order valence-electron chi connectivity index (χ4n) is 3.25. The maximum atomic E-state index is 11.6. The third kappa shape index (κ3) is 3.30. The number of nitrogens with one attached hydrogen (secondary N) is 1. The summed E-state index contributed by atoms with van der Waals surface area (Å²) < 4.78 is 0. The van der Waals surface area contributed by atoms with E-state index in [-0.39, 0.29) is 11.8 Å². The molecule has 3 rings (SSSR count). The number of piperidine rings is 2. The molecule has 0 unspecified atom stereocenters. The Morgan fingerprint density at radius 2 is 1.86 bits per heavy atom. The fraction of sp³-hybridized carbons (Fsp3) is 0.667. The summed E-state index contributed by atoms with van der Waals surface area (Å²) in [7, 11) is 0. The number of anilines is 2. The number of carbonyl (C=O) groups excluding carboxylic acids is 1. The second-order valence-corrected chi connectivity index (χ2v) is 6.03. The van der Waals surface area contributed by atoms with Crippen molar-refractivity contribution in [2.24, 2.45) is 11.8 Å². The first-order chi connectivity index (χ1) is 10.8. The van der Waals surface area contributed by atoms with Gasteiger partial charge < -0.3 is 9.80 Å². The molecule has 7 heteroatoms. The molecule has 0 spiro atoms. The SMILES string of the molecule is NNC(=O)C1CCN(c2nccc(N3CCCCC3)n2)CC1. The van der Waals surface area contributed by atoms with Gasteiger partial charge in [0.05, 0.1) is 0 Å². The second-order valence-electron chi connectivity index (χ2n) is 6.03. The van der Waals surface area contributed by atoms with Crippen molar-refractivity contribution in [3.8, 4) is 0 Å². The highest BCUT2D eigenvalue weighted by Gasteiger charge is 2.26. The molecule has 3 N–H and O–H groups in total. The Kier molecular flexibility index (Phi) is 4.72. The van der Waals surface area contributed by atoms with E-state index < -0.39 is 0 Å². The number of rotatable bonds is 3. The smallest absolute Gasteiger partial charge is 0.237 e. The summed E-state index contributed by atoms with van der Waals surface area (Å²) in [5.41, 5.74) is 2.25. The quantitative estimate of drug-likeness (QED) is 0.485. The van der Waals surface area contributed by atoms with Crippen LogP contribution in [0.4, 0.5) is 11.8 Å². The van der Waals surface area contributed by atoms with E-state index in [1.54, 1.807) is 0 Å². The van der Waals surface area contributed by atoms with E-state index in [4.69, 9.17) is 10.8 Å². The van der Waals surface area contributed by atoms with Crippen LogP contribution in [0.2, 0.25) is 0 Å². The van der Waals surface area contributed by atoms with Gasteiger partial charge in [0.25, 0.3) is 0 Å². The molecule has 1 aromatic heterocycles. The van der Waals surface area contributed by atoms with Gasteiger partial charge in [0.1, 0.15) is 5.82 Å². The summed E-state index contributed by atoms with van der Waals surface area (Å²) in [6, 6.07) is 1.99. The Bertz CT molecular complexity index is 509. The normalized spacial score (nSPS) is 20.0. The van der Waals surface area contributed by atoms with Crippen LogP contribution in [0.25, 0.3) is 0 Å². The van der Waals surface area contributed by atoms with Gasteiger partial charge in [-0.15, -0.1) is 0 Å². The van der Waals surface area contributed by atoms with Crippen molar-refractivity contribution >= 4 is 17.7 Å². The largest absolute Gasteiger partial charge is 0.356 e. The van der Waals surface area contributed by atoms with Crippen LogP contribution in [-0.4, -0.2) is 42.1 Å². The number of hydrazine groups is 1. The monoisotopic (exact) mass is 304 g/mol. The maximum Gasteiger partial charge on any atom is 0.237 e. The van der Waals surface area contributed by atoms with Crippen LogP contribution in [0, 0.1) is 5.92 Å². The lowest BCUT2D eigenvalue weighted by atomic mass is 9.96. The molecule has 22 heavy (non-hydrogen) atoms. The molecular formula is C15H24N6O. The van der Waals surface area contributed by atoms with Gasteiger partial charge in [-0.1, -0.05) is 0 Å². The second kappa shape index (κ2) is 6.91. The van der Waals surface area contributed by atoms with Crippen molar-refractivity contribution in [1.82, 2.24) is 15.4 Å². The van der Waals surface area contributed by atoms with Crippen molar-refractivity contribution in [3.05, 3.63) is 12.3 Å². The summed E-state index contributed by atoms with van der Waals surface area (Å²) >= 11 is 0. The standard InChI is InChI=1S/C15H24N6O/c16-19-14(22)12-5-10-21(11-6-12)15-17-7-4-13(18-15)20-8-2-1-3-9-20/h4,7,12H,1-3,5-6,8-11,16H2,(H,19,22). The number of carbonyl (C=O) groups is 1. The van der Waals surface area contributed by atoms with Gasteiger partial charge in [0, 0.05) is 38.3 Å². The van der Waals surface area contributed by atoms with E-state index in [0.29, 0.717) is 0 Å². The van der Waals surface area contributed by atoms with Gasteiger partial charge in [-0.2, -0.15) is 4.98 Å². The molecular weight excluding hydrogens is 280 g/mol. The highest BCUT2D eigenvalue weighted by molar-refractivity contribution is 5.78. The zero-order valence-corrected chi connectivity index (χ0v) is 12.9. The zero-order valence-electron chi connectivity index (χ0n) is 12.9. The van der Waals surface area contributed by atoms with Gasteiger partial charge >= 0.3 is 0 Å². The molecule has 0 bridgehead atoms. The summed E-state index contributed by atoms with van der Waals surface area (Å²) in [5, 5.41) is 0. The first-order valence-corrected chi connectivity index (χ1v) is 8.11. The van der Waals surface area contributed by atoms with Gasteiger partial charge in [0.2, 0.25) is 11.9 Å². The van der Waals surface area contributed by atoms with Crippen LogP contribution in [0.5, 0.6) is 0 Å². The van der Waals surface area contributed by atoms with Crippen LogP contribution in [-0.2, 0) is 4.79 Å². The number of amides is 1. The topological polar surface area (TPSA) is 87.4 Å². The van der Waals surface area contributed by atoms with Crippen LogP contribution < -0.4 is 21.1 Å². The van der Waals surface area contributed by atoms with Crippen LogP contribution in [0.15, 0.2) is 12.3 Å². The van der Waals surface area contributed by atoms with E-state index in [2.05, 4.69) is 20.2 Å². The van der Waals surface area contributed by atoms with Crippen molar-refractivity contribution < 1.29 is 4.79 Å². The number of aromatic nitrogens is 2. The molecule has 120 valence electrons. The molecule has 0 radical (unpaired) electrons. The molecule has 2 aliphatic heterocycles. The first-order valence-electron chi connectivity index (χ1n) is 8.11. The lowest BCUT2D eigenvalue weighted by Crippen LogP contribution is -2.43. The van der Waals surface area contributed by atoms with Crippen LogP contribution in [0.3, 0.4) is 0 Å². The molecule has 0 aromatic carbocycles. The Labute approximate surface area is 130 Å². The lowest BCUT2D eigenvalue weighted by molar-refractivity contribution is -0.125. The minimum atomic E-state index is -0.0670. The van der Waals surface area contributed by atoms with Gasteiger partial charge in [-0.25, -0.2) is 10.8 Å². The summed E-state index contributed by atoms with van der Waals surface area (Å²) in [4.78, 5) is 25.2. The number of nitrogens with two attached hydrogens (primary N) is 1. The molecule has 0 aliphatic carbocycles. The average Bonchev–Trinajstić information content (AvgIpc) is 2.62. The third-order valence-corrected chi connectivity index (χ3v) is 4.60. The Hall–Kier alpha value is -1.89. The predicted octanol–water partition coefficient (Wildman–Crippen LogP) is 0.673. The van der Waals surface area contributed by atoms with Crippen molar-refractivity contribution in [3.63, 3.8) is 0 Å². The number of hydrogen-bond donors (Lipinski definition) is 2. The molecule has 3 heterocycles. The number of hydrogen-bond acceptors (Lipinski definition) is 6. The first kappa shape index (κ1) is 15.0. The molecule has 2 aliphatic rings. The van der Waals surface area contributed by atoms with E-state index >= 15 is 0 Å². The predicted molar refractivity (Wildman–Crippen MR) is 85.4 cm³/mol. The molecule has 2 fully saturated rings. The molecule has 0 atom stereocenters. The van der Waals surface area contributed by atoms with E-state index in [9.17, 15) is 4.79 Å². The van der Waals surface area contributed by atoms with Gasteiger partial charge in [-0.3, -0.25) is 10.2 Å². The van der Waals surface area contributed by atoms with E-state index in [0.717, 1.165) is 50.8 Å². The molecule has 7 nitrogen and oxygen atoms in total. The maximum absolute atomic E-state index is 11.6. The van der Waals surface area contributed by atoms with Crippen molar-refractivity contribution in [1.29, 1.82) is 0 Å². The Morgan fingerprint density at radius 3 is 2.55 bits per heavy atom. The third-order valence-electron chi connectivity index (χ3n) is 4.60. The molecule has 1 aromatic rings. The summed E-state index contributed by atoms with van der Waals surface area (Å²) in [6.07, 6.45) is 7.20. The molecule has 0 saturated carbocycles. The average molecular weight is 304 g/mol. The van der Waals surface area contributed by atoms with Crippen LogP contribution in [0.1, 0.15) is 32.1 Å². The van der Waals surface area contributed by atoms with Crippen molar-refractivity contribution in [2.45, 2.75) is 32.1 Å².